The second-order valence-corrected chi connectivity index (χ2v) is 5.28. The molecule has 0 amide bonds. The predicted molar refractivity (Wildman–Crippen MR) is 72.1 cm³/mol. The maximum atomic E-state index is 6.19. The minimum absolute atomic E-state index is 0.313. The van der Waals surface area contributed by atoms with Gasteiger partial charge in [-0.3, -0.25) is 0 Å². The van der Waals surface area contributed by atoms with Gasteiger partial charge in [0.15, 0.2) is 11.1 Å². The Balaban J connectivity index is 2.10. The van der Waals surface area contributed by atoms with E-state index in [2.05, 4.69) is 4.98 Å². The zero-order valence-corrected chi connectivity index (χ0v) is 11.3. The van der Waals surface area contributed by atoms with Crippen LogP contribution in [0.1, 0.15) is 17.4 Å². The first kappa shape index (κ1) is 12.3. The Morgan fingerprint density at radius 1 is 1.28 bits per heavy atom. The third-order valence-corrected chi connectivity index (χ3v) is 3.73. The van der Waals surface area contributed by atoms with Crippen molar-refractivity contribution in [3.63, 3.8) is 0 Å². The fourth-order valence-corrected chi connectivity index (χ4v) is 2.82. The molecule has 1 aliphatic heterocycles. The Bertz CT molecular complexity index is 569. The number of halogens is 2. The van der Waals surface area contributed by atoms with Crippen molar-refractivity contribution >= 4 is 34.1 Å². The van der Waals surface area contributed by atoms with E-state index in [0.29, 0.717) is 6.61 Å². The van der Waals surface area contributed by atoms with E-state index in [9.17, 15) is 0 Å². The second-order valence-electron chi connectivity index (χ2n) is 4.36. The number of aryl methyl sites for hydroxylation is 1. The molecule has 1 aliphatic rings. The molecule has 96 valence electrons. The Morgan fingerprint density at radius 2 is 2.06 bits per heavy atom. The molecule has 5 heteroatoms. The van der Waals surface area contributed by atoms with Crippen molar-refractivity contribution in [3.8, 4) is 0 Å². The SMILES string of the molecule is Cc1[nH]c2ccccc2c1C1OC(Cl)COC1Cl. The van der Waals surface area contributed by atoms with E-state index in [-0.39, 0.29) is 6.10 Å². The van der Waals surface area contributed by atoms with Gasteiger partial charge in [0.2, 0.25) is 0 Å². The van der Waals surface area contributed by atoms with E-state index in [0.717, 1.165) is 22.2 Å². The van der Waals surface area contributed by atoms with Gasteiger partial charge in [-0.05, 0) is 13.0 Å². The summed E-state index contributed by atoms with van der Waals surface area (Å²) in [4.78, 5) is 3.32. The average molecular weight is 286 g/mol. The number of rotatable bonds is 1. The zero-order valence-electron chi connectivity index (χ0n) is 9.82. The number of ether oxygens (including phenoxy) is 2. The molecule has 1 aromatic heterocycles. The van der Waals surface area contributed by atoms with Gasteiger partial charge >= 0.3 is 0 Å². The standard InChI is InChI=1S/C13H13Cl2NO2/c1-7-11(8-4-2-3-5-9(8)16-7)12-13(15)17-6-10(14)18-12/h2-5,10,12-13,16H,6H2,1H3. The molecule has 18 heavy (non-hydrogen) atoms. The number of aromatic amines is 1. The first-order chi connectivity index (χ1) is 8.66. The lowest BCUT2D eigenvalue weighted by atomic mass is 10.1. The molecule has 2 heterocycles. The van der Waals surface area contributed by atoms with Crippen LogP contribution in [0.25, 0.3) is 10.9 Å². The fourth-order valence-electron chi connectivity index (χ4n) is 2.38. The molecule has 1 fully saturated rings. The van der Waals surface area contributed by atoms with Gasteiger partial charge in [-0.15, -0.1) is 0 Å². The van der Waals surface area contributed by atoms with E-state index < -0.39 is 11.1 Å². The summed E-state index contributed by atoms with van der Waals surface area (Å²) >= 11 is 12.2. The summed E-state index contributed by atoms with van der Waals surface area (Å²) in [5.41, 5.74) is 2.14. The quantitative estimate of drug-likeness (QED) is 0.811. The van der Waals surface area contributed by atoms with E-state index in [1.54, 1.807) is 0 Å². The van der Waals surface area contributed by atoms with Crippen LogP contribution in [0, 0.1) is 6.92 Å². The highest BCUT2D eigenvalue weighted by molar-refractivity contribution is 6.21. The Kier molecular flexibility index (Phi) is 3.24. The third kappa shape index (κ3) is 2.01. The Hall–Kier alpha value is -0.740. The summed E-state index contributed by atoms with van der Waals surface area (Å²) in [5, 5.41) is 1.10. The largest absolute Gasteiger partial charge is 0.358 e. The van der Waals surface area contributed by atoms with Crippen molar-refractivity contribution in [2.24, 2.45) is 0 Å². The molecule has 3 nitrogen and oxygen atoms in total. The molecule has 0 saturated carbocycles. The number of alkyl halides is 2. The summed E-state index contributed by atoms with van der Waals surface area (Å²) in [6.07, 6.45) is -0.348. The first-order valence-corrected chi connectivity index (χ1v) is 6.66. The molecule has 3 unspecified atom stereocenters. The lowest BCUT2D eigenvalue weighted by Gasteiger charge is -2.31. The summed E-state index contributed by atoms with van der Waals surface area (Å²) in [6.45, 7) is 2.31. The number of para-hydroxylation sites is 1. The van der Waals surface area contributed by atoms with Crippen LogP contribution in [0.5, 0.6) is 0 Å². The van der Waals surface area contributed by atoms with Crippen molar-refractivity contribution in [1.82, 2.24) is 4.98 Å². The lowest BCUT2D eigenvalue weighted by Crippen LogP contribution is -2.32. The van der Waals surface area contributed by atoms with Crippen LogP contribution >= 0.6 is 23.2 Å². The normalized spacial score (nSPS) is 28.7. The molecule has 0 radical (unpaired) electrons. The maximum absolute atomic E-state index is 6.19. The Labute approximate surface area is 115 Å². The molecule has 3 atom stereocenters. The summed E-state index contributed by atoms with van der Waals surface area (Å²) < 4.78 is 11.1. The predicted octanol–water partition coefficient (Wildman–Crippen LogP) is 3.69. The maximum Gasteiger partial charge on any atom is 0.161 e. The number of aromatic nitrogens is 1. The number of H-pyrrole nitrogens is 1. The van der Waals surface area contributed by atoms with E-state index in [4.69, 9.17) is 32.7 Å². The smallest absolute Gasteiger partial charge is 0.161 e. The van der Waals surface area contributed by atoms with Crippen molar-refractivity contribution in [1.29, 1.82) is 0 Å². The molecule has 1 N–H and O–H groups in total. The van der Waals surface area contributed by atoms with Crippen LogP contribution in [0.3, 0.4) is 0 Å². The second kappa shape index (κ2) is 4.74. The molecule has 0 aliphatic carbocycles. The van der Waals surface area contributed by atoms with Crippen LogP contribution in [-0.4, -0.2) is 22.7 Å². The van der Waals surface area contributed by atoms with Crippen LogP contribution in [0.4, 0.5) is 0 Å². The van der Waals surface area contributed by atoms with Gasteiger partial charge in [-0.1, -0.05) is 41.4 Å². The van der Waals surface area contributed by atoms with Crippen LogP contribution < -0.4 is 0 Å². The van der Waals surface area contributed by atoms with Crippen molar-refractivity contribution in [2.45, 2.75) is 24.2 Å². The molecule has 1 saturated heterocycles. The fraction of sp³-hybridized carbons (Fsp3) is 0.385. The van der Waals surface area contributed by atoms with E-state index >= 15 is 0 Å². The van der Waals surface area contributed by atoms with Gasteiger partial charge in [0.05, 0.1) is 6.61 Å². The van der Waals surface area contributed by atoms with Crippen LogP contribution in [0.15, 0.2) is 24.3 Å². The highest BCUT2D eigenvalue weighted by Crippen LogP contribution is 2.38. The van der Waals surface area contributed by atoms with Crippen molar-refractivity contribution in [2.75, 3.05) is 6.61 Å². The number of benzene rings is 1. The monoisotopic (exact) mass is 285 g/mol. The van der Waals surface area contributed by atoms with Crippen LogP contribution in [0.2, 0.25) is 0 Å². The van der Waals surface area contributed by atoms with E-state index in [1.807, 2.05) is 31.2 Å². The summed E-state index contributed by atoms with van der Waals surface area (Å²) in [6, 6.07) is 8.04. The van der Waals surface area contributed by atoms with Gasteiger partial charge in [-0.25, -0.2) is 0 Å². The van der Waals surface area contributed by atoms with Gasteiger partial charge in [0, 0.05) is 22.2 Å². The number of hydrogen-bond acceptors (Lipinski definition) is 2. The summed E-state index contributed by atoms with van der Waals surface area (Å²) in [5.74, 6) is 0. The zero-order chi connectivity index (χ0) is 12.7. The molecule has 0 spiro atoms. The molecule has 3 rings (SSSR count). The highest BCUT2D eigenvalue weighted by atomic mass is 35.5. The van der Waals surface area contributed by atoms with Crippen LogP contribution in [-0.2, 0) is 9.47 Å². The van der Waals surface area contributed by atoms with Gasteiger partial charge in [0.25, 0.3) is 0 Å². The average Bonchev–Trinajstić information content (AvgIpc) is 2.68. The Morgan fingerprint density at radius 3 is 2.89 bits per heavy atom. The third-order valence-electron chi connectivity index (χ3n) is 3.15. The van der Waals surface area contributed by atoms with Crippen molar-refractivity contribution < 1.29 is 9.47 Å². The topological polar surface area (TPSA) is 34.2 Å². The van der Waals surface area contributed by atoms with Gasteiger partial charge in [0.1, 0.15) is 6.10 Å². The molecule has 1 aromatic carbocycles. The van der Waals surface area contributed by atoms with Gasteiger partial charge < -0.3 is 14.5 Å². The number of hydrogen-bond donors (Lipinski definition) is 1. The first-order valence-electron chi connectivity index (χ1n) is 5.79. The molecular formula is C13H13Cl2NO2. The molecule has 2 aromatic rings. The lowest BCUT2D eigenvalue weighted by molar-refractivity contribution is -0.126. The van der Waals surface area contributed by atoms with Crippen molar-refractivity contribution in [3.05, 3.63) is 35.5 Å². The summed E-state index contributed by atoms with van der Waals surface area (Å²) in [7, 11) is 0. The highest BCUT2D eigenvalue weighted by Gasteiger charge is 2.33. The molecule has 0 bridgehead atoms. The van der Waals surface area contributed by atoms with Gasteiger partial charge in [-0.2, -0.15) is 0 Å². The minimum atomic E-state index is -0.516. The molecular weight excluding hydrogens is 273 g/mol. The minimum Gasteiger partial charge on any atom is -0.358 e. The van der Waals surface area contributed by atoms with E-state index in [1.165, 1.54) is 0 Å². The number of nitrogens with one attached hydrogen (secondary N) is 1. The number of fused-ring (bicyclic) bond motifs is 1.